The third kappa shape index (κ3) is 1.99. The molecule has 0 radical (unpaired) electrons. The number of hydrogen-bond acceptors (Lipinski definition) is 2. The van der Waals surface area contributed by atoms with Crippen molar-refractivity contribution in [1.29, 1.82) is 0 Å². The molecule has 1 aliphatic heterocycles. The molecule has 1 aromatic carbocycles. The van der Waals surface area contributed by atoms with E-state index >= 15 is 0 Å². The SMILES string of the molecule is CCOc1cccc(C2(C(F)(F)F)COC2)c1. The van der Waals surface area contributed by atoms with E-state index in [4.69, 9.17) is 9.47 Å². The van der Waals surface area contributed by atoms with Gasteiger partial charge in [0, 0.05) is 0 Å². The van der Waals surface area contributed by atoms with Crippen LogP contribution in [0, 0.1) is 0 Å². The van der Waals surface area contributed by atoms with Gasteiger partial charge in [-0.25, -0.2) is 0 Å². The van der Waals surface area contributed by atoms with E-state index < -0.39 is 11.6 Å². The van der Waals surface area contributed by atoms with E-state index in [0.717, 1.165) is 0 Å². The fraction of sp³-hybridized carbons (Fsp3) is 0.500. The highest BCUT2D eigenvalue weighted by atomic mass is 19.4. The van der Waals surface area contributed by atoms with Crippen LogP contribution in [0.15, 0.2) is 24.3 Å². The molecule has 0 unspecified atom stereocenters. The van der Waals surface area contributed by atoms with Gasteiger partial charge in [-0.2, -0.15) is 13.2 Å². The number of ether oxygens (including phenoxy) is 2. The van der Waals surface area contributed by atoms with E-state index in [-0.39, 0.29) is 18.8 Å². The molecule has 0 atom stereocenters. The summed E-state index contributed by atoms with van der Waals surface area (Å²) in [6, 6.07) is 6.14. The van der Waals surface area contributed by atoms with E-state index in [1.165, 1.54) is 12.1 Å². The number of alkyl halides is 3. The Labute approximate surface area is 97.3 Å². The lowest BCUT2D eigenvalue weighted by Gasteiger charge is -2.43. The minimum Gasteiger partial charge on any atom is -0.494 e. The first-order valence-corrected chi connectivity index (χ1v) is 5.37. The van der Waals surface area contributed by atoms with Gasteiger partial charge in [-0.15, -0.1) is 0 Å². The summed E-state index contributed by atoms with van der Waals surface area (Å²) in [5, 5.41) is 0. The van der Waals surface area contributed by atoms with Crippen LogP contribution in [0.5, 0.6) is 5.75 Å². The predicted octanol–water partition coefficient (Wildman–Crippen LogP) is 2.92. The van der Waals surface area contributed by atoms with Gasteiger partial charge in [0.15, 0.2) is 0 Å². The average molecular weight is 246 g/mol. The molecule has 1 saturated heterocycles. The molecular weight excluding hydrogens is 233 g/mol. The maximum atomic E-state index is 13.0. The van der Waals surface area contributed by atoms with Gasteiger partial charge >= 0.3 is 6.18 Å². The Morgan fingerprint density at radius 2 is 2.06 bits per heavy atom. The molecule has 94 valence electrons. The molecule has 1 aromatic rings. The van der Waals surface area contributed by atoms with Crippen molar-refractivity contribution in [1.82, 2.24) is 0 Å². The van der Waals surface area contributed by atoms with Crippen LogP contribution in [0.2, 0.25) is 0 Å². The Kier molecular flexibility index (Phi) is 3.03. The van der Waals surface area contributed by atoms with Crippen LogP contribution in [0.3, 0.4) is 0 Å². The van der Waals surface area contributed by atoms with Crippen LogP contribution in [0.4, 0.5) is 13.2 Å². The highest BCUT2D eigenvalue weighted by molar-refractivity contribution is 5.37. The monoisotopic (exact) mass is 246 g/mol. The number of rotatable bonds is 3. The molecule has 0 aromatic heterocycles. The second-order valence-electron chi connectivity index (χ2n) is 4.03. The summed E-state index contributed by atoms with van der Waals surface area (Å²) in [7, 11) is 0. The van der Waals surface area contributed by atoms with E-state index in [2.05, 4.69) is 0 Å². The van der Waals surface area contributed by atoms with Gasteiger partial charge in [-0.1, -0.05) is 12.1 Å². The molecule has 0 N–H and O–H groups in total. The largest absolute Gasteiger partial charge is 0.494 e. The van der Waals surface area contributed by atoms with E-state index in [0.29, 0.717) is 12.4 Å². The molecule has 0 amide bonds. The lowest BCUT2D eigenvalue weighted by atomic mass is 9.78. The summed E-state index contributed by atoms with van der Waals surface area (Å²) in [6.07, 6.45) is -4.30. The maximum Gasteiger partial charge on any atom is 0.402 e. The standard InChI is InChI=1S/C12H13F3O2/c1-2-17-10-5-3-4-9(6-10)11(7-16-8-11)12(13,14)15/h3-6H,2,7-8H2,1H3. The first-order chi connectivity index (χ1) is 7.99. The Morgan fingerprint density at radius 1 is 1.35 bits per heavy atom. The normalized spacial score (nSPS) is 18.6. The molecule has 5 heteroatoms. The van der Waals surface area contributed by atoms with Crippen LogP contribution >= 0.6 is 0 Å². The Hall–Kier alpha value is -1.23. The van der Waals surface area contributed by atoms with Crippen molar-refractivity contribution in [3.8, 4) is 5.75 Å². The van der Waals surface area contributed by atoms with Crippen LogP contribution in [0.1, 0.15) is 12.5 Å². The zero-order chi connectivity index (χ0) is 12.5. The van der Waals surface area contributed by atoms with Crippen molar-refractivity contribution < 1.29 is 22.6 Å². The molecule has 17 heavy (non-hydrogen) atoms. The van der Waals surface area contributed by atoms with Crippen LogP contribution in [-0.2, 0) is 10.2 Å². The maximum absolute atomic E-state index is 13.0. The van der Waals surface area contributed by atoms with Crippen molar-refractivity contribution >= 4 is 0 Å². The fourth-order valence-electron chi connectivity index (χ4n) is 1.85. The smallest absolute Gasteiger partial charge is 0.402 e. The molecule has 0 aliphatic carbocycles. The van der Waals surface area contributed by atoms with E-state index in [1.807, 2.05) is 0 Å². The highest BCUT2D eigenvalue weighted by Gasteiger charge is 2.61. The first kappa shape index (κ1) is 12.2. The summed E-state index contributed by atoms with van der Waals surface area (Å²) < 4.78 is 49.1. The second-order valence-corrected chi connectivity index (χ2v) is 4.03. The topological polar surface area (TPSA) is 18.5 Å². The molecule has 1 fully saturated rings. The lowest BCUT2D eigenvalue weighted by molar-refractivity contribution is -0.262. The molecule has 2 rings (SSSR count). The fourth-order valence-corrected chi connectivity index (χ4v) is 1.85. The molecular formula is C12H13F3O2. The third-order valence-electron chi connectivity index (χ3n) is 2.94. The Bertz CT molecular complexity index is 397. The summed E-state index contributed by atoms with van der Waals surface area (Å²) in [5.74, 6) is 0.459. The minimum absolute atomic E-state index is 0.210. The van der Waals surface area contributed by atoms with Crippen LogP contribution in [0.25, 0.3) is 0 Å². The quantitative estimate of drug-likeness (QED) is 0.816. The zero-order valence-corrected chi connectivity index (χ0v) is 9.38. The van der Waals surface area contributed by atoms with Crippen molar-refractivity contribution in [2.24, 2.45) is 0 Å². The van der Waals surface area contributed by atoms with Crippen molar-refractivity contribution in [2.75, 3.05) is 19.8 Å². The van der Waals surface area contributed by atoms with E-state index in [1.54, 1.807) is 19.1 Å². The number of benzene rings is 1. The summed E-state index contributed by atoms with van der Waals surface area (Å²) in [5.41, 5.74) is -1.65. The average Bonchev–Trinajstić information content (AvgIpc) is 2.14. The van der Waals surface area contributed by atoms with Gasteiger partial charge in [0.2, 0.25) is 0 Å². The second kappa shape index (κ2) is 4.22. The van der Waals surface area contributed by atoms with Crippen LogP contribution in [-0.4, -0.2) is 26.0 Å². The lowest BCUT2D eigenvalue weighted by Crippen LogP contribution is -2.57. The molecule has 0 saturated carbocycles. The van der Waals surface area contributed by atoms with Crippen molar-refractivity contribution in [3.05, 3.63) is 29.8 Å². The molecule has 0 spiro atoms. The van der Waals surface area contributed by atoms with Gasteiger partial charge in [0.1, 0.15) is 11.2 Å². The minimum atomic E-state index is -4.30. The summed E-state index contributed by atoms with van der Waals surface area (Å²) in [4.78, 5) is 0. The summed E-state index contributed by atoms with van der Waals surface area (Å²) >= 11 is 0. The highest BCUT2D eigenvalue weighted by Crippen LogP contribution is 2.46. The predicted molar refractivity (Wildman–Crippen MR) is 56.2 cm³/mol. The molecule has 1 heterocycles. The van der Waals surface area contributed by atoms with Gasteiger partial charge in [-0.05, 0) is 24.6 Å². The first-order valence-electron chi connectivity index (χ1n) is 5.37. The summed E-state index contributed by atoms with van der Waals surface area (Å²) in [6.45, 7) is 1.59. The number of halogens is 3. The Balaban J connectivity index is 2.35. The van der Waals surface area contributed by atoms with Gasteiger partial charge < -0.3 is 9.47 Å². The third-order valence-corrected chi connectivity index (χ3v) is 2.94. The zero-order valence-electron chi connectivity index (χ0n) is 9.38. The van der Waals surface area contributed by atoms with Gasteiger partial charge in [0.25, 0.3) is 0 Å². The van der Waals surface area contributed by atoms with Crippen molar-refractivity contribution in [2.45, 2.75) is 18.5 Å². The van der Waals surface area contributed by atoms with Crippen LogP contribution < -0.4 is 4.74 Å². The van der Waals surface area contributed by atoms with Crippen molar-refractivity contribution in [3.63, 3.8) is 0 Å². The molecule has 0 bridgehead atoms. The molecule has 2 nitrogen and oxygen atoms in total. The molecule has 1 aliphatic rings. The number of hydrogen-bond donors (Lipinski definition) is 0. The van der Waals surface area contributed by atoms with Gasteiger partial charge in [-0.3, -0.25) is 0 Å². The van der Waals surface area contributed by atoms with Gasteiger partial charge in [0.05, 0.1) is 19.8 Å². The Morgan fingerprint density at radius 3 is 2.53 bits per heavy atom. The van der Waals surface area contributed by atoms with E-state index in [9.17, 15) is 13.2 Å².